The van der Waals surface area contributed by atoms with Crippen molar-refractivity contribution in [1.29, 1.82) is 0 Å². The van der Waals surface area contributed by atoms with E-state index in [-0.39, 0.29) is 11.1 Å². The van der Waals surface area contributed by atoms with Crippen molar-refractivity contribution in [2.75, 3.05) is 0 Å². The van der Waals surface area contributed by atoms with E-state index in [4.69, 9.17) is 19.5 Å². The van der Waals surface area contributed by atoms with Crippen molar-refractivity contribution in [2.45, 2.75) is 0 Å². The van der Waals surface area contributed by atoms with Gasteiger partial charge < -0.3 is 4.42 Å². The molecule has 210 valence electrons. The van der Waals surface area contributed by atoms with Crippen molar-refractivity contribution in [1.82, 2.24) is 0 Å². The Morgan fingerprint density at radius 1 is 0.378 bits per heavy atom. The molecule has 0 saturated heterocycles. The van der Waals surface area contributed by atoms with Crippen molar-refractivity contribution in [2.24, 2.45) is 0 Å². The van der Waals surface area contributed by atoms with Gasteiger partial charge in [0.1, 0.15) is 11.2 Å². The molecule has 0 fully saturated rings. The zero-order chi connectivity index (χ0) is 44.5. The van der Waals surface area contributed by atoms with Crippen LogP contribution < -0.4 is 0 Å². The van der Waals surface area contributed by atoms with Gasteiger partial charge in [-0.25, -0.2) is 0 Å². The second-order valence-electron chi connectivity index (χ2n) is 10.4. The van der Waals surface area contributed by atoms with Gasteiger partial charge in [-0.15, -0.1) is 0 Å². The zero-order valence-corrected chi connectivity index (χ0v) is 23.3. The summed E-state index contributed by atoms with van der Waals surface area (Å²) < 4.78 is 158. The van der Waals surface area contributed by atoms with Crippen molar-refractivity contribution < 1.29 is 27.7 Å². The van der Waals surface area contributed by atoms with Crippen molar-refractivity contribution in [3.63, 3.8) is 0 Å². The van der Waals surface area contributed by atoms with Gasteiger partial charge in [-0.05, 0) is 84.3 Å². The largest absolute Gasteiger partial charge is 0.456 e. The van der Waals surface area contributed by atoms with Gasteiger partial charge in [0, 0.05) is 10.8 Å². The highest BCUT2D eigenvalue weighted by molar-refractivity contribution is 6.21. The van der Waals surface area contributed by atoms with Crippen LogP contribution in [0, 0.1) is 0 Å². The molecule has 8 aromatic carbocycles. The summed E-state index contributed by atoms with van der Waals surface area (Å²) in [6.45, 7) is 0. The molecule has 0 N–H and O–H groups in total. The molecule has 45 heavy (non-hydrogen) atoms. The van der Waals surface area contributed by atoms with Crippen LogP contribution in [0.15, 0.2) is 174 Å². The fourth-order valence-corrected chi connectivity index (χ4v) is 5.92. The van der Waals surface area contributed by atoms with E-state index in [0.717, 1.165) is 21.9 Å². The van der Waals surface area contributed by atoms with E-state index in [1.54, 1.807) is 18.2 Å². The van der Waals surface area contributed by atoms with Gasteiger partial charge in [0.25, 0.3) is 0 Å². The minimum atomic E-state index is -0.825. The third-order valence-electron chi connectivity index (χ3n) is 7.87. The second kappa shape index (κ2) is 10.4. The van der Waals surface area contributed by atoms with Crippen LogP contribution in [0.1, 0.15) is 23.3 Å². The number of furan rings is 1. The van der Waals surface area contributed by atoms with E-state index in [1.807, 2.05) is 48.5 Å². The molecule has 0 amide bonds. The quantitative estimate of drug-likeness (QED) is 0.186. The molecule has 1 heterocycles. The Morgan fingerprint density at radius 2 is 0.956 bits per heavy atom. The summed E-state index contributed by atoms with van der Waals surface area (Å²) in [6.07, 6.45) is 0. The SMILES string of the molecule is [2H]c1c([2H])c([2H])c(-c2c3c([2H])c([2H])c([2H])c([2H])c3c(-c3c([2H])c([2H])c(-c4ccc5c(c4)oc4cccc(-c6ccccc6)c45)c([2H])c3[2H])c3c([2H])c([2H])c([2H])c([2H])c23)c([2H])c1[2H]. The van der Waals surface area contributed by atoms with Gasteiger partial charge in [-0.1, -0.05) is 151 Å². The highest BCUT2D eigenvalue weighted by Gasteiger charge is 2.17. The van der Waals surface area contributed by atoms with Gasteiger partial charge in [0.05, 0.1) is 23.3 Å². The topological polar surface area (TPSA) is 13.1 Å². The molecular formula is C44H28O. The summed E-state index contributed by atoms with van der Waals surface area (Å²) in [4.78, 5) is 0. The third-order valence-corrected chi connectivity index (χ3v) is 7.87. The highest BCUT2D eigenvalue weighted by Crippen LogP contribution is 2.44. The summed E-state index contributed by atoms with van der Waals surface area (Å²) in [5.74, 6) is 0. The zero-order valence-electron chi connectivity index (χ0n) is 40.3. The number of rotatable bonds is 4. The van der Waals surface area contributed by atoms with Crippen LogP contribution in [0.5, 0.6) is 0 Å². The molecule has 0 radical (unpaired) electrons. The highest BCUT2D eigenvalue weighted by atomic mass is 16.3. The minimum Gasteiger partial charge on any atom is -0.456 e. The molecule has 1 heteroatoms. The summed E-state index contributed by atoms with van der Waals surface area (Å²) in [7, 11) is 0. The maximum absolute atomic E-state index is 9.46. The predicted octanol–water partition coefficient (Wildman–Crippen LogP) is 12.6. The van der Waals surface area contributed by atoms with Gasteiger partial charge in [0.2, 0.25) is 0 Å². The average Bonchev–Trinajstić information content (AvgIpc) is 3.65. The number of fused-ring (bicyclic) bond motifs is 5. The van der Waals surface area contributed by atoms with Crippen LogP contribution in [0.3, 0.4) is 0 Å². The smallest absolute Gasteiger partial charge is 0.136 e. The molecule has 0 atom stereocenters. The lowest BCUT2D eigenvalue weighted by Crippen LogP contribution is -1.90. The third kappa shape index (κ3) is 4.17. The summed E-state index contributed by atoms with van der Waals surface area (Å²) in [5, 5.41) is -0.504. The molecule has 0 saturated carbocycles. The standard InChI is InChI=1S/C44H28O/c1-3-12-30(13-4-1)34-20-11-21-40-44(34)39-27-26-33(28-41(39)45-40)29-22-24-32(25-23-29)43-37-18-9-7-16-35(37)42(31-14-5-2-6-15-31)36-17-8-10-19-38(36)43/h1-28H/i2D,5D,6D,7D,8D,9D,10D,14D,15D,16D,17D,18D,19D,22D,23D,24D,25D. The summed E-state index contributed by atoms with van der Waals surface area (Å²) >= 11 is 0. The predicted molar refractivity (Wildman–Crippen MR) is 190 cm³/mol. The molecule has 1 aromatic heterocycles. The number of hydrogen-bond donors (Lipinski definition) is 0. The van der Waals surface area contributed by atoms with Crippen LogP contribution in [0.4, 0.5) is 0 Å². The maximum Gasteiger partial charge on any atom is 0.136 e. The van der Waals surface area contributed by atoms with Gasteiger partial charge >= 0.3 is 0 Å². The fourth-order valence-electron chi connectivity index (χ4n) is 5.92. The van der Waals surface area contributed by atoms with E-state index >= 15 is 0 Å². The Balaban J connectivity index is 1.42. The Bertz CT molecular complexity index is 3350. The molecule has 0 bridgehead atoms. The van der Waals surface area contributed by atoms with E-state index in [0.29, 0.717) is 11.2 Å². The van der Waals surface area contributed by atoms with E-state index in [1.165, 1.54) is 0 Å². The van der Waals surface area contributed by atoms with Crippen molar-refractivity contribution in [3.8, 4) is 44.5 Å². The van der Waals surface area contributed by atoms with E-state index in [9.17, 15) is 8.22 Å². The van der Waals surface area contributed by atoms with Crippen LogP contribution in [0.2, 0.25) is 0 Å². The first-order valence-corrected chi connectivity index (χ1v) is 14.1. The molecule has 9 aromatic rings. The molecule has 0 aliphatic carbocycles. The molecular weight excluding hydrogens is 544 g/mol. The van der Waals surface area contributed by atoms with Crippen LogP contribution >= 0.6 is 0 Å². The lowest BCUT2D eigenvalue weighted by molar-refractivity contribution is 0.669. The van der Waals surface area contributed by atoms with Gasteiger partial charge in [-0.3, -0.25) is 0 Å². The second-order valence-corrected chi connectivity index (χ2v) is 10.4. The minimum absolute atomic E-state index is 0.150. The molecule has 0 spiro atoms. The summed E-state index contributed by atoms with van der Waals surface area (Å²) in [5.41, 5.74) is 0.762. The lowest BCUT2D eigenvalue weighted by atomic mass is 9.86. The first-order chi connectivity index (χ1) is 29.4. The van der Waals surface area contributed by atoms with Crippen LogP contribution in [-0.4, -0.2) is 0 Å². The Morgan fingerprint density at radius 3 is 1.60 bits per heavy atom. The maximum atomic E-state index is 9.46. The Kier molecular flexibility index (Phi) is 3.18. The number of benzene rings is 8. The van der Waals surface area contributed by atoms with Crippen LogP contribution in [0.25, 0.3) is 88.0 Å². The Hall–Kier alpha value is -5.92. The monoisotopic (exact) mass is 589 g/mol. The Labute approximate surface area is 285 Å². The van der Waals surface area contributed by atoms with Crippen molar-refractivity contribution >= 4 is 43.5 Å². The first kappa shape index (κ1) is 13.8. The molecule has 0 aliphatic heterocycles. The average molecular weight is 590 g/mol. The lowest BCUT2D eigenvalue weighted by Gasteiger charge is -2.18. The molecule has 0 unspecified atom stereocenters. The van der Waals surface area contributed by atoms with E-state index < -0.39 is 147 Å². The number of hydrogen-bond acceptors (Lipinski definition) is 1. The van der Waals surface area contributed by atoms with Crippen molar-refractivity contribution in [3.05, 3.63) is 169 Å². The fraction of sp³-hybridized carbons (Fsp3) is 0. The normalized spacial score (nSPS) is 16.8. The van der Waals surface area contributed by atoms with Crippen LogP contribution in [-0.2, 0) is 0 Å². The molecule has 1 nitrogen and oxygen atoms in total. The molecule has 0 aliphatic rings. The van der Waals surface area contributed by atoms with Gasteiger partial charge in [-0.2, -0.15) is 0 Å². The van der Waals surface area contributed by atoms with E-state index in [2.05, 4.69) is 0 Å². The van der Waals surface area contributed by atoms with Gasteiger partial charge in [0.15, 0.2) is 0 Å². The summed E-state index contributed by atoms with van der Waals surface area (Å²) in [6, 6.07) is 7.17. The molecule has 9 rings (SSSR count). The first-order valence-electron chi connectivity index (χ1n) is 22.6.